The summed E-state index contributed by atoms with van der Waals surface area (Å²) in [7, 11) is 0. The number of fused-ring (bicyclic) bond motifs is 2. The van der Waals surface area contributed by atoms with Gasteiger partial charge in [-0.15, -0.1) is 0 Å². The molecule has 1 saturated heterocycles. The monoisotopic (exact) mass is 359 g/mol. The first-order chi connectivity index (χ1) is 13.3. The number of nitrogens with zero attached hydrogens (tertiary/aromatic N) is 2. The molecule has 0 bridgehead atoms. The SMILES string of the molecule is O=C(c1n[nH]c2ccccc12)N1CC[C@H](c2ccccc2)[C@H]2CCCC[C@H]21. The number of hydrogen-bond acceptors (Lipinski definition) is 2. The number of amides is 1. The van der Waals surface area contributed by atoms with Gasteiger partial charge in [-0.2, -0.15) is 5.10 Å². The normalized spacial score (nSPS) is 25.3. The Morgan fingerprint density at radius 2 is 1.74 bits per heavy atom. The van der Waals surface area contributed by atoms with Crippen LogP contribution in [0.2, 0.25) is 0 Å². The number of nitrogens with one attached hydrogen (secondary N) is 1. The average molecular weight is 359 g/mol. The summed E-state index contributed by atoms with van der Waals surface area (Å²) in [5.41, 5.74) is 2.94. The van der Waals surface area contributed by atoms with Gasteiger partial charge in [-0.1, -0.05) is 61.4 Å². The molecule has 1 aliphatic carbocycles. The first-order valence-corrected chi connectivity index (χ1v) is 10.1. The highest BCUT2D eigenvalue weighted by Crippen LogP contribution is 2.44. The fourth-order valence-corrected chi connectivity index (χ4v) is 5.28. The predicted octanol–water partition coefficient (Wildman–Crippen LogP) is 4.75. The fraction of sp³-hybridized carbons (Fsp3) is 0.391. The molecule has 4 heteroatoms. The van der Waals surface area contributed by atoms with Gasteiger partial charge in [0.25, 0.3) is 5.91 Å². The maximum absolute atomic E-state index is 13.4. The predicted molar refractivity (Wildman–Crippen MR) is 107 cm³/mol. The summed E-state index contributed by atoms with van der Waals surface area (Å²) in [5.74, 6) is 1.22. The van der Waals surface area contributed by atoms with Crippen molar-refractivity contribution in [3.05, 3.63) is 65.9 Å². The lowest BCUT2D eigenvalue weighted by Gasteiger charge is -2.48. The zero-order valence-electron chi connectivity index (χ0n) is 15.5. The van der Waals surface area contributed by atoms with E-state index in [1.54, 1.807) is 0 Å². The van der Waals surface area contributed by atoms with E-state index in [9.17, 15) is 4.79 Å². The standard InChI is InChI=1S/C23H25N3O/c27-23(22-19-11-4-6-12-20(19)24-25-22)26-15-14-17(16-8-2-1-3-9-16)18-10-5-7-13-21(18)26/h1-4,6,8-9,11-12,17-18,21H,5,7,10,13-15H2,(H,24,25)/t17-,18-,21-/m1/s1. The Kier molecular flexibility index (Phi) is 4.19. The largest absolute Gasteiger partial charge is 0.334 e. The number of aromatic nitrogens is 2. The Morgan fingerprint density at radius 1 is 0.963 bits per heavy atom. The third kappa shape index (κ3) is 2.84. The van der Waals surface area contributed by atoms with Crippen LogP contribution in [0.25, 0.3) is 10.9 Å². The Balaban J connectivity index is 1.46. The number of piperidine rings is 1. The lowest BCUT2D eigenvalue weighted by molar-refractivity contribution is 0.0316. The van der Waals surface area contributed by atoms with Crippen LogP contribution in [0.15, 0.2) is 54.6 Å². The van der Waals surface area contributed by atoms with Gasteiger partial charge in [-0.25, -0.2) is 0 Å². The van der Waals surface area contributed by atoms with E-state index in [2.05, 4.69) is 45.4 Å². The Bertz CT molecular complexity index is 948. The van der Waals surface area contributed by atoms with E-state index in [1.807, 2.05) is 24.3 Å². The molecule has 2 heterocycles. The smallest absolute Gasteiger partial charge is 0.275 e. The molecule has 0 unspecified atom stereocenters. The molecule has 3 aromatic rings. The zero-order valence-corrected chi connectivity index (χ0v) is 15.5. The molecule has 5 rings (SSSR count). The van der Waals surface area contributed by atoms with E-state index in [-0.39, 0.29) is 5.91 Å². The molecule has 4 nitrogen and oxygen atoms in total. The quantitative estimate of drug-likeness (QED) is 0.718. The van der Waals surface area contributed by atoms with Crippen LogP contribution in [-0.2, 0) is 0 Å². The summed E-state index contributed by atoms with van der Waals surface area (Å²) in [6.07, 6.45) is 5.86. The Labute approximate surface area is 159 Å². The maximum atomic E-state index is 13.4. The molecule has 2 fully saturated rings. The van der Waals surface area contributed by atoms with Crippen molar-refractivity contribution in [3.63, 3.8) is 0 Å². The van der Waals surface area contributed by atoms with Crippen molar-refractivity contribution in [1.29, 1.82) is 0 Å². The summed E-state index contributed by atoms with van der Waals surface area (Å²) in [6.45, 7) is 0.820. The Hall–Kier alpha value is -2.62. The third-order valence-electron chi connectivity index (χ3n) is 6.54. The number of benzene rings is 2. The van der Waals surface area contributed by atoms with Crippen molar-refractivity contribution >= 4 is 16.8 Å². The molecule has 27 heavy (non-hydrogen) atoms. The number of aromatic amines is 1. The molecule has 2 aliphatic rings. The first-order valence-electron chi connectivity index (χ1n) is 10.1. The molecular weight excluding hydrogens is 334 g/mol. The van der Waals surface area contributed by atoms with E-state index < -0.39 is 0 Å². The summed E-state index contributed by atoms with van der Waals surface area (Å²) in [5, 5.41) is 8.32. The number of likely N-dealkylation sites (tertiary alicyclic amines) is 1. The van der Waals surface area contributed by atoms with Gasteiger partial charge >= 0.3 is 0 Å². The number of para-hydroxylation sites is 1. The van der Waals surface area contributed by atoms with Gasteiger partial charge in [0.2, 0.25) is 0 Å². The molecule has 0 spiro atoms. The topological polar surface area (TPSA) is 49.0 Å². The summed E-state index contributed by atoms with van der Waals surface area (Å²) in [4.78, 5) is 15.5. The third-order valence-corrected chi connectivity index (χ3v) is 6.54. The number of carbonyl (C=O) groups is 1. The van der Waals surface area contributed by atoms with Gasteiger partial charge in [-0.3, -0.25) is 9.89 Å². The van der Waals surface area contributed by atoms with E-state index in [0.717, 1.165) is 30.3 Å². The van der Waals surface area contributed by atoms with Gasteiger partial charge < -0.3 is 4.90 Å². The first kappa shape index (κ1) is 16.5. The highest BCUT2D eigenvalue weighted by Gasteiger charge is 2.42. The van der Waals surface area contributed by atoms with Crippen LogP contribution in [0, 0.1) is 5.92 Å². The van der Waals surface area contributed by atoms with Crippen LogP contribution in [0.3, 0.4) is 0 Å². The molecular formula is C23H25N3O. The van der Waals surface area contributed by atoms with E-state index in [1.165, 1.54) is 24.8 Å². The van der Waals surface area contributed by atoms with Crippen molar-refractivity contribution in [2.45, 2.75) is 44.1 Å². The van der Waals surface area contributed by atoms with Crippen molar-refractivity contribution in [2.24, 2.45) is 5.92 Å². The molecule has 1 saturated carbocycles. The molecule has 1 aromatic heterocycles. The van der Waals surface area contributed by atoms with E-state index in [4.69, 9.17) is 0 Å². The van der Waals surface area contributed by atoms with Crippen LogP contribution >= 0.6 is 0 Å². The van der Waals surface area contributed by atoms with Crippen LogP contribution in [-0.4, -0.2) is 33.6 Å². The molecule has 1 aliphatic heterocycles. The van der Waals surface area contributed by atoms with Crippen LogP contribution in [0.1, 0.15) is 54.1 Å². The maximum Gasteiger partial charge on any atom is 0.275 e. The van der Waals surface area contributed by atoms with Gasteiger partial charge in [0.05, 0.1) is 5.52 Å². The second-order valence-corrected chi connectivity index (χ2v) is 7.94. The number of carbonyl (C=O) groups excluding carboxylic acids is 1. The van der Waals surface area contributed by atoms with Gasteiger partial charge in [0.15, 0.2) is 5.69 Å². The minimum Gasteiger partial charge on any atom is -0.334 e. The minimum atomic E-state index is 0.0934. The summed E-state index contributed by atoms with van der Waals surface area (Å²) < 4.78 is 0. The number of rotatable bonds is 2. The zero-order chi connectivity index (χ0) is 18.2. The molecule has 0 radical (unpaired) electrons. The highest BCUT2D eigenvalue weighted by atomic mass is 16.2. The number of hydrogen-bond donors (Lipinski definition) is 1. The molecule has 3 atom stereocenters. The van der Waals surface area contributed by atoms with Gasteiger partial charge in [-0.05, 0) is 42.7 Å². The van der Waals surface area contributed by atoms with Crippen LogP contribution < -0.4 is 0 Å². The second kappa shape index (κ2) is 6.84. The van der Waals surface area contributed by atoms with Crippen molar-refractivity contribution < 1.29 is 4.79 Å². The Morgan fingerprint density at radius 3 is 2.63 bits per heavy atom. The van der Waals surface area contributed by atoms with Crippen molar-refractivity contribution in [1.82, 2.24) is 15.1 Å². The second-order valence-electron chi connectivity index (χ2n) is 7.94. The van der Waals surface area contributed by atoms with E-state index >= 15 is 0 Å². The van der Waals surface area contributed by atoms with Crippen molar-refractivity contribution in [2.75, 3.05) is 6.54 Å². The average Bonchev–Trinajstić information content (AvgIpc) is 3.17. The van der Waals surface area contributed by atoms with E-state index in [0.29, 0.717) is 23.6 Å². The van der Waals surface area contributed by atoms with Crippen LogP contribution in [0.5, 0.6) is 0 Å². The van der Waals surface area contributed by atoms with Gasteiger partial charge in [0.1, 0.15) is 0 Å². The summed E-state index contributed by atoms with van der Waals surface area (Å²) >= 11 is 0. The highest BCUT2D eigenvalue weighted by molar-refractivity contribution is 6.04. The lowest BCUT2D eigenvalue weighted by Crippen LogP contribution is -2.52. The minimum absolute atomic E-state index is 0.0934. The van der Waals surface area contributed by atoms with Crippen LogP contribution in [0.4, 0.5) is 0 Å². The molecule has 2 aromatic carbocycles. The lowest BCUT2D eigenvalue weighted by atomic mass is 9.69. The molecule has 1 amide bonds. The van der Waals surface area contributed by atoms with Crippen molar-refractivity contribution in [3.8, 4) is 0 Å². The fourth-order valence-electron chi connectivity index (χ4n) is 5.28. The number of H-pyrrole nitrogens is 1. The van der Waals surface area contributed by atoms with Gasteiger partial charge in [0, 0.05) is 18.0 Å². The summed E-state index contributed by atoms with van der Waals surface area (Å²) in [6, 6.07) is 19.1. The molecule has 138 valence electrons. The molecule has 1 N–H and O–H groups in total.